The van der Waals surface area contributed by atoms with Crippen LogP contribution in [0.25, 0.3) is 0 Å². The van der Waals surface area contributed by atoms with Crippen molar-refractivity contribution in [3.63, 3.8) is 0 Å². The molecule has 0 fully saturated rings. The van der Waals surface area contributed by atoms with Crippen LogP contribution in [0.15, 0.2) is 24.3 Å². The van der Waals surface area contributed by atoms with E-state index in [0.717, 1.165) is 37.8 Å². The Balaban J connectivity index is 2.32. The van der Waals surface area contributed by atoms with E-state index in [1.807, 2.05) is 24.3 Å². The van der Waals surface area contributed by atoms with Gasteiger partial charge in [-0.25, -0.2) is 0 Å². The van der Waals surface area contributed by atoms with Crippen LogP contribution >= 0.6 is 11.6 Å². The standard InChI is InChI=1S/C14H22ClNO2/c15-13-8-4-3-7-12(13)14(11-18)16-9-5-1-2-6-10-17/h3-4,7-8,14,16-18H,1-2,5-6,9-11H2. The van der Waals surface area contributed by atoms with Crippen molar-refractivity contribution in [1.29, 1.82) is 0 Å². The van der Waals surface area contributed by atoms with Gasteiger partial charge in [0.15, 0.2) is 0 Å². The molecule has 0 aliphatic carbocycles. The molecule has 0 aromatic heterocycles. The maximum atomic E-state index is 9.39. The lowest BCUT2D eigenvalue weighted by Gasteiger charge is -2.17. The molecular weight excluding hydrogens is 250 g/mol. The zero-order chi connectivity index (χ0) is 13.2. The van der Waals surface area contributed by atoms with Crippen LogP contribution in [-0.2, 0) is 0 Å². The number of aliphatic hydroxyl groups excluding tert-OH is 2. The molecule has 0 aliphatic rings. The highest BCUT2D eigenvalue weighted by Crippen LogP contribution is 2.22. The third-order valence-corrected chi connectivity index (χ3v) is 3.28. The predicted octanol–water partition coefficient (Wildman–Crippen LogP) is 2.52. The second-order valence-electron chi connectivity index (χ2n) is 4.35. The van der Waals surface area contributed by atoms with Crippen molar-refractivity contribution in [3.05, 3.63) is 34.9 Å². The van der Waals surface area contributed by atoms with Crippen molar-refractivity contribution >= 4 is 11.6 Å². The van der Waals surface area contributed by atoms with Gasteiger partial charge in [-0.2, -0.15) is 0 Å². The molecule has 0 saturated carbocycles. The van der Waals surface area contributed by atoms with E-state index in [4.69, 9.17) is 16.7 Å². The van der Waals surface area contributed by atoms with Crippen LogP contribution in [0.1, 0.15) is 37.3 Å². The first kappa shape index (κ1) is 15.4. The summed E-state index contributed by atoms with van der Waals surface area (Å²) in [5.41, 5.74) is 0.942. The van der Waals surface area contributed by atoms with E-state index in [1.165, 1.54) is 0 Å². The summed E-state index contributed by atoms with van der Waals surface area (Å²) >= 11 is 6.10. The van der Waals surface area contributed by atoms with Gasteiger partial charge >= 0.3 is 0 Å². The number of halogens is 1. The highest BCUT2D eigenvalue weighted by Gasteiger charge is 2.11. The fourth-order valence-corrected chi connectivity index (χ4v) is 2.16. The minimum atomic E-state index is -0.100. The average molecular weight is 272 g/mol. The summed E-state index contributed by atoms with van der Waals surface area (Å²) in [6, 6.07) is 7.48. The lowest BCUT2D eigenvalue weighted by Crippen LogP contribution is -2.25. The van der Waals surface area contributed by atoms with Gasteiger partial charge in [0.2, 0.25) is 0 Å². The van der Waals surface area contributed by atoms with Crippen LogP contribution in [0.5, 0.6) is 0 Å². The average Bonchev–Trinajstić information content (AvgIpc) is 2.39. The van der Waals surface area contributed by atoms with E-state index in [2.05, 4.69) is 5.32 Å². The van der Waals surface area contributed by atoms with Crippen LogP contribution in [-0.4, -0.2) is 30.0 Å². The summed E-state index contributed by atoms with van der Waals surface area (Å²) in [6.07, 6.45) is 4.05. The molecule has 0 aliphatic heterocycles. The van der Waals surface area contributed by atoms with Gasteiger partial charge in [-0.3, -0.25) is 0 Å². The Labute approximate surface area is 114 Å². The Kier molecular flexibility index (Phi) is 8.01. The van der Waals surface area contributed by atoms with Crippen LogP contribution < -0.4 is 5.32 Å². The molecule has 1 rings (SSSR count). The summed E-state index contributed by atoms with van der Waals surface area (Å²) in [6.45, 7) is 1.16. The number of hydrogen-bond acceptors (Lipinski definition) is 3. The normalized spacial score (nSPS) is 12.6. The Morgan fingerprint density at radius 3 is 2.44 bits per heavy atom. The van der Waals surface area contributed by atoms with E-state index in [1.54, 1.807) is 0 Å². The van der Waals surface area contributed by atoms with Crippen LogP contribution in [0, 0.1) is 0 Å². The lowest BCUT2D eigenvalue weighted by molar-refractivity contribution is 0.243. The van der Waals surface area contributed by atoms with Gasteiger partial charge in [0, 0.05) is 11.6 Å². The van der Waals surface area contributed by atoms with Crippen molar-refractivity contribution in [2.45, 2.75) is 31.7 Å². The number of nitrogens with one attached hydrogen (secondary N) is 1. The zero-order valence-electron chi connectivity index (χ0n) is 10.6. The highest BCUT2D eigenvalue weighted by molar-refractivity contribution is 6.31. The van der Waals surface area contributed by atoms with E-state index in [-0.39, 0.29) is 19.3 Å². The van der Waals surface area contributed by atoms with Crippen molar-refractivity contribution in [1.82, 2.24) is 5.32 Å². The maximum Gasteiger partial charge on any atom is 0.0627 e. The van der Waals surface area contributed by atoms with Crippen molar-refractivity contribution in [2.24, 2.45) is 0 Å². The molecule has 3 nitrogen and oxygen atoms in total. The summed E-state index contributed by atoms with van der Waals surface area (Å²) in [7, 11) is 0. The molecule has 0 bridgehead atoms. The zero-order valence-corrected chi connectivity index (χ0v) is 11.4. The van der Waals surface area contributed by atoms with Crippen molar-refractivity contribution in [3.8, 4) is 0 Å². The van der Waals surface area contributed by atoms with E-state index in [9.17, 15) is 5.11 Å². The molecule has 0 saturated heterocycles. The third kappa shape index (κ3) is 5.36. The third-order valence-electron chi connectivity index (χ3n) is 2.94. The van der Waals surface area contributed by atoms with Gasteiger partial charge in [-0.15, -0.1) is 0 Å². The minimum Gasteiger partial charge on any atom is -0.396 e. The molecule has 0 radical (unpaired) electrons. The van der Waals surface area contributed by atoms with Gasteiger partial charge < -0.3 is 15.5 Å². The Hall–Kier alpha value is -0.610. The summed E-state index contributed by atoms with van der Waals surface area (Å²) in [5, 5.41) is 22.0. The van der Waals surface area contributed by atoms with Gasteiger partial charge in [0.25, 0.3) is 0 Å². The monoisotopic (exact) mass is 271 g/mol. The number of aliphatic hydroxyl groups is 2. The van der Waals surface area contributed by atoms with E-state index < -0.39 is 0 Å². The van der Waals surface area contributed by atoms with Gasteiger partial charge in [0.05, 0.1) is 12.6 Å². The number of rotatable bonds is 9. The molecule has 1 atom stereocenters. The molecule has 1 unspecified atom stereocenters. The van der Waals surface area contributed by atoms with E-state index in [0.29, 0.717) is 5.02 Å². The van der Waals surface area contributed by atoms with Gasteiger partial charge in [0.1, 0.15) is 0 Å². The topological polar surface area (TPSA) is 52.5 Å². The molecular formula is C14H22ClNO2. The van der Waals surface area contributed by atoms with Gasteiger partial charge in [-0.1, -0.05) is 42.6 Å². The molecule has 18 heavy (non-hydrogen) atoms. The molecule has 4 heteroatoms. The summed E-state index contributed by atoms with van der Waals surface area (Å²) < 4.78 is 0. The highest BCUT2D eigenvalue weighted by atomic mass is 35.5. The molecule has 0 spiro atoms. The van der Waals surface area contributed by atoms with Crippen molar-refractivity contribution < 1.29 is 10.2 Å². The Morgan fingerprint density at radius 2 is 1.78 bits per heavy atom. The fraction of sp³-hybridized carbons (Fsp3) is 0.571. The van der Waals surface area contributed by atoms with Crippen LogP contribution in [0.3, 0.4) is 0 Å². The first-order valence-corrected chi connectivity index (χ1v) is 6.87. The predicted molar refractivity (Wildman–Crippen MR) is 74.8 cm³/mol. The number of benzene rings is 1. The van der Waals surface area contributed by atoms with Crippen molar-refractivity contribution in [2.75, 3.05) is 19.8 Å². The number of hydrogen-bond donors (Lipinski definition) is 3. The quantitative estimate of drug-likeness (QED) is 0.605. The summed E-state index contributed by atoms with van der Waals surface area (Å²) in [4.78, 5) is 0. The lowest BCUT2D eigenvalue weighted by atomic mass is 10.1. The minimum absolute atomic E-state index is 0.0420. The molecule has 3 N–H and O–H groups in total. The second kappa shape index (κ2) is 9.34. The van der Waals surface area contributed by atoms with Crippen LogP contribution in [0.4, 0.5) is 0 Å². The Bertz CT molecular complexity index is 333. The van der Waals surface area contributed by atoms with E-state index >= 15 is 0 Å². The molecule has 0 amide bonds. The molecule has 102 valence electrons. The molecule has 1 aromatic rings. The number of unbranched alkanes of at least 4 members (excludes halogenated alkanes) is 3. The SMILES string of the molecule is OCCCCCCNC(CO)c1ccccc1Cl. The second-order valence-corrected chi connectivity index (χ2v) is 4.76. The fourth-order valence-electron chi connectivity index (χ4n) is 1.90. The first-order valence-electron chi connectivity index (χ1n) is 6.49. The van der Waals surface area contributed by atoms with Crippen LogP contribution in [0.2, 0.25) is 5.02 Å². The first-order chi connectivity index (χ1) is 8.79. The maximum absolute atomic E-state index is 9.39. The smallest absolute Gasteiger partial charge is 0.0627 e. The van der Waals surface area contributed by atoms with Gasteiger partial charge in [-0.05, 0) is 31.0 Å². The molecule has 0 heterocycles. The molecule has 1 aromatic carbocycles. The Morgan fingerprint density at radius 1 is 1.06 bits per heavy atom. The summed E-state index contributed by atoms with van der Waals surface area (Å²) in [5.74, 6) is 0. The largest absolute Gasteiger partial charge is 0.396 e.